The number of likely N-dealkylation sites (tertiary alicyclic amines) is 1. The number of aliphatic hydroxyl groups excluding tert-OH is 1. The minimum absolute atomic E-state index is 0.0972. The van der Waals surface area contributed by atoms with Gasteiger partial charge < -0.3 is 10.8 Å². The number of nitrogens with two attached hydrogens (primary N) is 1. The third-order valence-electron chi connectivity index (χ3n) is 3.93. The van der Waals surface area contributed by atoms with Crippen LogP contribution in [0.2, 0.25) is 0 Å². The zero-order chi connectivity index (χ0) is 10.6. The van der Waals surface area contributed by atoms with Crippen molar-refractivity contribution < 1.29 is 5.11 Å². The fourth-order valence-electron chi connectivity index (χ4n) is 2.52. The van der Waals surface area contributed by atoms with Crippen LogP contribution in [0.5, 0.6) is 0 Å². The third kappa shape index (κ3) is 2.10. The standard InChI is InChI=1S/C11H24N2O/c1-3-11(2,10(8-12)9-14)13-6-4-5-7-13/h10,14H,3-9,12H2,1-2H3/t10-,11+/m0/s1. The lowest BCUT2D eigenvalue weighted by Crippen LogP contribution is -2.53. The first-order valence-electron chi connectivity index (χ1n) is 5.75. The molecule has 3 N–H and O–H groups in total. The van der Waals surface area contributed by atoms with Gasteiger partial charge in [0.1, 0.15) is 0 Å². The molecule has 0 saturated carbocycles. The Kier molecular flexibility index (Phi) is 4.35. The van der Waals surface area contributed by atoms with E-state index in [0.29, 0.717) is 6.54 Å². The van der Waals surface area contributed by atoms with E-state index in [4.69, 9.17) is 5.73 Å². The Morgan fingerprint density at radius 2 is 2.00 bits per heavy atom. The summed E-state index contributed by atoms with van der Waals surface area (Å²) >= 11 is 0. The molecule has 14 heavy (non-hydrogen) atoms. The van der Waals surface area contributed by atoms with Crippen molar-refractivity contribution in [2.75, 3.05) is 26.2 Å². The Balaban J connectivity index is 2.71. The Hall–Kier alpha value is -0.120. The zero-order valence-corrected chi connectivity index (χ0v) is 9.50. The van der Waals surface area contributed by atoms with Gasteiger partial charge in [-0.1, -0.05) is 6.92 Å². The summed E-state index contributed by atoms with van der Waals surface area (Å²) in [5.41, 5.74) is 5.82. The van der Waals surface area contributed by atoms with E-state index in [0.717, 1.165) is 6.42 Å². The van der Waals surface area contributed by atoms with Crippen LogP contribution in [-0.2, 0) is 0 Å². The van der Waals surface area contributed by atoms with Crippen LogP contribution in [0.25, 0.3) is 0 Å². The Morgan fingerprint density at radius 1 is 1.43 bits per heavy atom. The van der Waals surface area contributed by atoms with Gasteiger partial charge in [-0.05, 0) is 45.8 Å². The molecule has 3 heteroatoms. The van der Waals surface area contributed by atoms with Crippen molar-refractivity contribution in [3.63, 3.8) is 0 Å². The summed E-state index contributed by atoms with van der Waals surface area (Å²) in [5.74, 6) is 0.214. The highest BCUT2D eigenvalue weighted by atomic mass is 16.3. The molecule has 0 radical (unpaired) electrons. The van der Waals surface area contributed by atoms with Crippen molar-refractivity contribution in [2.24, 2.45) is 11.7 Å². The third-order valence-corrected chi connectivity index (χ3v) is 3.93. The molecule has 84 valence electrons. The second-order valence-corrected chi connectivity index (χ2v) is 4.52. The van der Waals surface area contributed by atoms with E-state index < -0.39 is 0 Å². The average molecular weight is 200 g/mol. The van der Waals surface area contributed by atoms with Gasteiger partial charge in [-0.3, -0.25) is 4.90 Å². The first-order chi connectivity index (χ1) is 6.69. The highest BCUT2D eigenvalue weighted by Gasteiger charge is 2.38. The van der Waals surface area contributed by atoms with Gasteiger partial charge in [0.2, 0.25) is 0 Å². The van der Waals surface area contributed by atoms with Crippen LogP contribution in [0.1, 0.15) is 33.1 Å². The fourth-order valence-corrected chi connectivity index (χ4v) is 2.52. The molecule has 0 spiro atoms. The Bertz CT molecular complexity index is 161. The summed E-state index contributed by atoms with van der Waals surface area (Å²) in [5, 5.41) is 9.35. The van der Waals surface area contributed by atoms with Gasteiger partial charge in [-0.25, -0.2) is 0 Å². The molecule has 0 unspecified atom stereocenters. The molecule has 2 atom stereocenters. The number of hydrogen-bond acceptors (Lipinski definition) is 3. The minimum Gasteiger partial charge on any atom is -0.396 e. The van der Waals surface area contributed by atoms with Crippen molar-refractivity contribution in [3.8, 4) is 0 Å². The van der Waals surface area contributed by atoms with Crippen LogP contribution in [0, 0.1) is 5.92 Å². The normalized spacial score (nSPS) is 24.9. The molecule has 1 aliphatic heterocycles. The second-order valence-electron chi connectivity index (χ2n) is 4.52. The molecule has 0 aliphatic carbocycles. The van der Waals surface area contributed by atoms with Gasteiger partial charge >= 0.3 is 0 Å². The quantitative estimate of drug-likeness (QED) is 0.691. The van der Waals surface area contributed by atoms with Crippen LogP contribution in [0.15, 0.2) is 0 Å². The molecular formula is C11H24N2O. The molecular weight excluding hydrogens is 176 g/mol. The lowest BCUT2D eigenvalue weighted by Gasteiger charge is -2.43. The molecule has 1 aliphatic rings. The topological polar surface area (TPSA) is 49.5 Å². The molecule has 1 saturated heterocycles. The summed E-state index contributed by atoms with van der Waals surface area (Å²) in [6, 6.07) is 0. The molecule has 1 rings (SSSR count). The Morgan fingerprint density at radius 3 is 2.36 bits per heavy atom. The molecule has 1 heterocycles. The molecule has 0 aromatic rings. The monoisotopic (exact) mass is 200 g/mol. The number of hydrogen-bond donors (Lipinski definition) is 2. The molecule has 0 aromatic heterocycles. The number of aliphatic hydroxyl groups is 1. The fraction of sp³-hybridized carbons (Fsp3) is 1.00. The van der Waals surface area contributed by atoms with Gasteiger partial charge in [-0.2, -0.15) is 0 Å². The molecule has 0 aromatic carbocycles. The van der Waals surface area contributed by atoms with Crippen LogP contribution < -0.4 is 5.73 Å². The van der Waals surface area contributed by atoms with Crippen molar-refractivity contribution in [1.29, 1.82) is 0 Å². The van der Waals surface area contributed by atoms with E-state index in [1.807, 2.05) is 0 Å². The molecule has 1 fully saturated rings. The maximum absolute atomic E-state index is 9.35. The SMILES string of the molecule is CC[C@](C)([C@@H](CN)CO)N1CCCC1. The molecule has 0 bridgehead atoms. The minimum atomic E-state index is 0.0972. The maximum Gasteiger partial charge on any atom is 0.0489 e. The summed E-state index contributed by atoms with van der Waals surface area (Å²) in [6.07, 6.45) is 3.64. The number of rotatable bonds is 5. The van der Waals surface area contributed by atoms with E-state index in [2.05, 4.69) is 18.7 Å². The predicted molar refractivity (Wildman–Crippen MR) is 59.1 cm³/mol. The predicted octanol–water partition coefficient (Wildman–Crippen LogP) is 0.818. The van der Waals surface area contributed by atoms with Gasteiger partial charge in [0.25, 0.3) is 0 Å². The van der Waals surface area contributed by atoms with E-state index in [-0.39, 0.29) is 18.1 Å². The largest absolute Gasteiger partial charge is 0.396 e. The van der Waals surface area contributed by atoms with Crippen molar-refractivity contribution in [3.05, 3.63) is 0 Å². The van der Waals surface area contributed by atoms with Gasteiger partial charge in [0, 0.05) is 18.1 Å². The van der Waals surface area contributed by atoms with Crippen LogP contribution in [0.4, 0.5) is 0 Å². The van der Waals surface area contributed by atoms with Crippen LogP contribution >= 0.6 is 0 Å². The average Bonchev–Trinajstić information content (AvgIpc) is 2.72. The van der Waals surface area contributed by atoms with Crippen molar-refractivity contribution in [1.82, 2.24) is 4.90 Å². The van der Waals surface area contributed by atoms with E-state index in [1.54, 1.807) is 0 Å². The molecule has 0 amide bonds. The smallest absolute Gasteiger partial charge is 0.0489 e. The highest BCUT2D eigenvalue weighted by Crippen LogP contribution is 2.31. The summed E-state index contributed by atoms with van der Waals surface area (Å²) < 4.78 is 0. The van der Waals surface area contributed by atoms with Gasteiger partial charge in [0.15, 0.2) is 0 Å². The molecule has 3 nitrogen and oxygen atoms in total. The van der Waals surface area contributed by atoms with E-state index in [9.17, 15) is 5.11 Å². The Labute approximate surface area is 87.3 Å². The van der Waals surface area contributed by atoms with Crippen LogP contribution in [-0.4, -0.2) is 41.8 Å². The zero-order valence-electron chi connectivity index (χ0n) is 9.50. The van der Waals surface area contributed by atoms with Gasteiger partial charge in [-0.15, -0.1) is 0 Å². The summed E-state index contributed by atoms with van der Waals surface area (Å²) in [7, 11) is 0. The first kappa shape index (κ1) is 12.0. The van der Waals surface area contributed by atoms with E-state index >= 15 is 0 Å². The maximum atomic E-state index is 9.35. The van der Waals surface area contributed by atoms with E-state index in [1.165, 1.54) is 25.9 Å². The van der Waals surface area contributed by atoms with Gasteiger partial charge in [0.05, 0.1) is 0 Å². The highest BCUT2D eigenvalue weighted by molar-refractivity contribution is 4.93. The summed E-state index contributed by atoms with van der Waals surface area (Å²) in [4.78, 5) is 2.50. The van der Waals surface area contributed by atoms with Crippen molar-refractivity contribution >= 4 is 0 Å². The summed E-state index contributed by atoms with van der Waals surface area (Å²) in [6.45, 7) is 7.55. The number of nitrogens with zero attached hydrogens (tertiary/aromatic N) is 1. The lowest BCUT2D eigenvalue weighted by molar-refractivity contribution is 0.0359. The van der Waals surface area contributed by atoms with Crippen molar-refractivity contribution in [2.45, 2.75) is 38.6 Å². The van der Waals surface area contributed by atoms with Crippen LogP contribution in [0.3, 0.4) is 0 Å². The first-order valence-corrected chi connectivity index (χ1v) is 5.75. The second kappa shape index (κ2) is 5.10. The lowest BCUT2D eigenvalue weighted by atomic mass is 9.82.